The highest BCUT2D eigenvalue weighted by Gasteiger charge is 2.52. The van der Waals surface area contributed by atoms with Crippen molar-refractivity contribution in [1.29, 1.82) is 0 Å². The number of H-pyrrole nitrogens is 1. The molecule has 0 amide bonds. The zero-order valence-corrected chi connectivity index (χ0v) is 86.4. The number of halogens is 7. The van der Waals surface area contributed by atoms with Gasteiger partial charge in [-0.1, -0.05) is 219 Å². The van der Waals surface area contributed by atoms with Gasteiger partial charge in [0.2, 0.25) is 6.29 Å². The molecule has 2 N–H and O–H groups in total. The zero-order valence-electron chi connectivity index (χ0n) is 77.6. The van der Waals surface area contributed by atoms with Crippen molar-refractivity contribution in [3.05, 3.63) is 221 Å². The van der Waals surface area contributed by atoms with Gasteiger partial charge in [-0.25, -0.2) is 58.9 Å². The molecule has 712 valence electrons. The van der Waals surface area contributed by atoms with Crippen LogP contribution in [0.15, 0.2) is 217 Å². The maximum absolute atomic E-state index is 12.5. The molecule has 29 nitrogen and oxygen atoms in total. The van der Waals surface area contributed by atoms with Crippen molar-refractivity contribution < 1.29 is 65.7 Å². The van der Waals surface area contributed by atoms with E-state index in [1.807, 2.05) is 148 Å². The van der Waals surface area contributed by atoms with Crippen LogP contribution in [0.5, 0.6) is 0 Å². The predicted molar refractivity (Wildman–Crippen MR) is 543 cm³/mol. The molecule has 1 aliphatic heterocycles. The standard InChI is InChI=1S/C32H37ClN6O3SSi.C22H15ClN6O2S.C20H22BN3O2.C18H27ClIN3O3SSi.C2HF3O/c1-32(2,3)42-28(40)18-43-31-37-30-27(38(31)21-41-15-16-44(4,5)6)17-26(33)29(36-30)24-9-7-22(8-10-24)23-11-13-25(14-12-23)39-20-34-19-35-39;23-17-9-18-21(28-22(26-18)32-10-19(30)31)27-20(17)15-3-1-13(2-4-15)14-5-7-16(8-6-14)29-12-24-11-25-29;1-19(2)20(3,4)26-21(25-19)17-9-5-15(6-10-17)16-7-11-18(12-8-16)24-14-22-13-23-24;1-18(2,3)26-14(24)10-27-17-22-16-13(9-12(19)15(20)21-16)23(17)11-25-7-8-28(4,5)6;3-2(4,5)1-6/h7-14,17,19-20H,15-16,18,21H2,1-6H3;1-9,11-12H,10H2,(H,30,31)(H,26,27,28);5-14H,1-4H3;9H,7-8,10-11H2,1-6H3;1H. The van der Waals surface area contributed by atoms with Crippen LogP contribution in [-0.2, 0) is 60.9 Å². The first-order valence-electron chi connectivity index (χ1n) is 42.8. The number of aldehydes is 1. The summed E-state index contributed by atoms with van der Waals surface area (Å²) >= 11 is 25.4. The van der Waals surface area contributed by atoms with Gasteiger partial charge in [-0.15, -0.1) is 0 Å². The molecule has 0 bridgehead atoms. The van der Waals surface area contributed by atoms with Crippen molar-refractivity contribution in [2.45, 2.75) is 178 Å². The molecule has 0 saturated carbocycles. The number of aromatic nitrogens is 18. The number of hydrogen-bond donors (Lipinski definition) is 2. The highest BCUT2D eigenvalue weighted by molar-refractivity contribution is 14.1. The quantitative estimate of drug-likeness (QED) is 0.00875. The normalized spacial score (nSPS) is 13.1. The van der Waals surface area contributed by atoms with Crippen molar-refractivity contribution in [2.75, 3.05) is 30.5 Å². The number of alkyl halides is 3. The predicted octanol–water partition coefficient (Wildman–Crippen LogP) is 21.9. The molecule has 0 spiro atoms. The molecule has 1 aliphatic rings. The summed E-state index contributed by atoms with van der Waals surface area (Å²) in [4.78, 5) is 86.7. The van der Waals surface area contributed by atoms with E-state index in [0.29, 0.717) is 94.8 Å². The number of aromatic amines is 1. The fourth-order valence-electron chi connectivity index (χ4n) is 12.9. The van der Waals surface area contributed by atoms with Crippen molar-refractivity contribution in [2.24, 2.45) is 0 Å². The van der Waals surface area contributed by atoms with Crippen LogP contribution < -0.4 is 5.46 Å². The van der Waals surface area contributed by atoms with Gasteiger partial charge in [0.1, 0.15) is 66.3 Å². The molecule has 1 saturated heterocycles. The summed E-state index contributed by atoms with van der Waals surface area (Å²) < 4.78 is 76.1. The largest absolute Gasteiger partial charge is 0.494 e. The minimum absolute atomic E-state index is 0.0817. The van der Waals surface area contributed by atoms with E-state index in [0.717, 1.165) is 102 Å². The molecule has 16 rings (SSSR count). The van der Waals surface area contributed by atoms with Crippen molar-refractivity contribution in [3.8, 4) is 73.0 Å². The van der Waals surface area contributed by atoms with E-state index in [2.05, 4.69) is 205 Å². The first-order chi connectivity index (χ1) is 64.2. The Bertz CT molecular complexity index is 6560. The number of carboxylic acid groups (broad SMARTS) is 1. The molecule has 42 heteroatoms. The Morgan fingerprint density at radius 2 is 0.838 bits per heavy atom. The number of ether oxygens (including phenoxy) is 4. The first kappa shape index (κ1) is 104. The maximum atomic E-state index is 12.5. The van der Waals surface area contributed by atoms with Crippen LogP contribution in [0, 0.1) is 3.70 Å². The van der Waals surface area contributed by atoms with Crippen molar-refractivity contribution in [1.82, 2.24) is 88.3 Å². The highest BCUT2D eigenvalue weighted by Crippen LogP contribution is 2.40. The van der Waals surface area contributed by atoms with Gasteiger partial charge in [-0.2, -0.15) is 28.5 Å². The van der Waals surface area contributed by atoms with Gasteiger partial charge in [0.25, 0.3) is 0 Å². The fourth-order valence-corrected chi connectivity index (χ4v) is 17.6. The van der Waals surface area contributed by atoms with E-state index in [-0.39, 0.29) is 47.5 Å². The van der Waals surface area contributed by atoms with E-state index < -0.39 is 45.8 Å². The number of nitrogens with one attached hydrogen (secondary N) is 1. The lowest BCUT2D eigenvalue weighted by Crippen LogP contribution is -2.41. The maximum Gasteiger partial charge on any atom is 0.494 e. The Morgan fingerprint density at radius 1 is 0.493 bits per heavy atom. The summed E-state index contributed by atoms with van der Waals surface area (Å²) in [5.74, 6) is -1.29. The van der Waals surface area contributed by atoms with Gasteiger partial charge < -0.3 is 38.3 Å². The van der Waals surface area contributed by atoms with Gasteiger partial charge in [-0.05, 0) is 197 Å². The van der Waals surface area contributed by atoms with Gasteiger partial charge in [0.15, 0.2) is 32.4 Å². The topological polar surface area (TPSA) is 339 Å². The summed E-state index contributed by atoms with van der Waals surface area (Å²) in [6, 6.07) is 56.4. The molecule has 0 atom stereocenters. The SMILES string of the molecule is CC(C)(C)OC(=O)CSc1nc2nc(-c3ccc(-c4ccc(-n5cncn5)cc4)cc3)c(Cl)cc2n1COCC[Si](C)(C)C.CC(C)(C)OC(=O)CSc1nc2nc(I)c(Cl)cc2n1COCC[Si](C)(C)C.CC1(C)OB(c2ccc(-c3ccc(-n4cncn4)cc3)cc2)OC1(C)C.O=C(O)CSc1nc2nc(-c3ccc(-c4ccc(-n5cncn5)cc4)cc3)c(Cl)cc2[nH]1.O=CC(F)(F)F. The molecule has 1 fully saturated rings. The minimum atomic E-state index is -4.64. The van der Waals surface area contributed by atoms with Crippen LogP contribution in [0.2, 0.25) is 66.4 Å². The molecular weight excluding hydrogens is 2010 g/mol. The van der Waals surface area contributed by atoms with Crippen LogP contribution in [0.4, 0.5) is 13.2 Å². The summed E-state index contributed by atoms with van der Waals surface area (Å²) in [6.45, 7) is 35.3. The van der Waals surface area contributed by atoms with E-state index >= 15 is 0 Å². The van der Waals surface area contributed by atoms with Crippen LogP contribution >= 0.6 is 92.7 Å². The van der Waals surface area contributed by atoms with E-state index in [9.17, 15) is 27.6 Å². The van der Waals surface area contributed by atoms with E-state index in [1.54, 1.807) is 39.1 Å². The summed E-state index contributed by atoms with van der Waals surface area (Å²) in [5.41, 5.74) is 15.6. The second kappa shape index (κ2) is 45.4. The fraction of sp³-hybridized carbons (Fsp3) is 0.319. The number of esters is 2. The minimum Gasteiger partial charge on any atom is -0.481 e. The lowest BCUT2D eigenvalue weighted by atomic mass is 9.78. The molecular formula is C94H102BCl3F3IN18O11S3Si2. The first-order valence-corrected chi connectivity index (χ1v) is 55.4. The molecule has 136 heavy (non-hydrogen) atoms. The van der Waals surface area contributed by atoms with Crippen LogP contribution in [-0.4, -0.2) is 200 Å². The Morgan fingerprint density at radius 3 is 1.19 bits per heavy atom. The number of carboxylic acids is 1. The van der Waals surface area contributed by atoms with Gasteiger partial charge in [0.05, 0.1) is 88.5 Å². The van der Waals surface area contributed by atoms with E-state index in [4.69, 9.17) is 82.9 Å². The van der Waals surface area contributed by atoms with Crippen LogP contribution in [0.1, 0.15) is 69.2 Å². The monoisotopic (exact) mass is 2110 g/mol. The highest BCUT2D eigenvalue weighted by atomic mass is 127. The number of imidazole rings is 3. The van der Waals surface area contributed by atoms with Gasteiger partial charge in [0, 0.05) is 40.5 Å². The second-order valence-corrected chi connectivity index (χ2v) is 52.8. The average molecular weight is 2110 g/mol. The van der Waals surface area contributed by atoms with Crippen molar-refractivity contribution in [3.63, 3.8) is 0 Å². The third kappa shape index (κ3) is 29.8. The molecule has 9 aromatic heterocycles. The lowest BCUT2D eigenvalue weighted by molar-refractivity contribution is -0.156. The van der Waals surface area contributed by atoms with Crippen LogP contribution in [0.25, 0.3) is 106 Å². The molecule has 15 aromatic rings. The molecule has 6 aromatic carbocycles. The third-order valence-corrected chi connectivity index (χ3v) is 28.6. The van der Waals surface area contributed by atoms with Gasteiger partial charge >= 0.3 is 31.2 Å². The number of aliphatic carboxylic acids is 1. The average Bonchev–Trinajstić information content (AvgIpc) is 1.62. The number of fused-ring (bicyclic) bond motifs is 3. The number of carbonyl (C=O) groups is 4. The second-order valence-electron chi connectivity index (χ2n) is 36.5. The number of pyridine rings is 3. The van der Waals surface area contributed by atoms with Crippen molar-refractivity contribution >= 4 is 179 Å². The number of nitrogens with zero attached hydrogens (tertiary/aromatic N) is 17. The molecule has 0 radical (unpaired) electrons. The smallest absolute Gasteiger partial charge is 0.481 e. The zero-order chi connectivity index (χ0) is 98.2. The summed E-state index contributed by atoms with van der Waals surface area (Å²) in [5, 5.41) is 24.7. The Hall–Kier alpha value is -10.5. The Labute approximate surface area is 828 Å². The summed E-state index contributed by atoms with van der Waals surface area (Å²) in [7, 11) is -2.75. The number of hydrogen-bond acceptors (Lipinski definition) is 25. The van der Waals surface area contributed by atoms with E-state index in [1.165, 1.54) is 42.5 Å². The molecule has 0 aliphatic carbocycles. The molecule has 0 unspecified atom stereocenters. The third-order valence-electron chi connectivity index (χ3n) is 20.5. The Balaban J connectivity index is 0.000000163. The lowest BCUT2D eigenvalue weighted by Gasteiger charge is -2.32. The van der Waals surface area contributed by atoms with Gasteiger partial charge in [-0.3, -0.25) is 28.3 Å². The van der Waals surface area contributed by atoms with Crippen LogP contribution in [0.3, 0.4) is 0 Å². The molecule has 10 heterocycles. The number of thioether (sulfide) groups is 3. The number of benzene rings is 6. The Kier molecular flexibility index (Phi) is 34.8. The summed E-state index contributed by atoms with van der Waals surface area (Å²) in [6.07, 6.45) is 3.86. The number of carbonyl (C=O) groups excluding carboxylic acids is 3. The number of rotatable bonds is 28.